The summed E-state index contributed by atoms with van der Waals surface area (Å²) < 4.78 is 5.91. The second kappa shape index (κ2) is 11.8. The number of nitrogens with zero attached hydrogens (tertiary/aromatic N) is 3. The number of hydrogen-bond acceptors (Lipinski definition) is 5. The van der Waals surface area contributed by atoms with E-state index in [-0.39, 0.29) is 5.92 Å². The number of carbonyl (C=O) groups is 1. The molecule has 0 saturated carbocycles. The highest BCUT2D eigenvalue weighted by Crippen LogP contribution is 2.27. The summed E-state index contributed by atoms with van der Waals surface area (Å²) in [5, 5.41) is 0.705. The van der Waals surface area contributed by atoms with Crippen LogP contribution in [0.15, 0.2) is 28.7 Å². The van der Waals surface area contributed by atoms with Gasteiger partial charge in [0.05, 0.1) is 5.69 Å². The van der Waals surface area contributed by atoms with E-state index in [1.54, 1.807) is 0 Å². The first-order chi connectivity index (χ1) is 16.4. The highest BCUT2D eigenvalue weighted by molar-refractivity contribution is 6.30. The fraction of sp³-hybridized carbons (Fsp3) is 0.643. The van der Waals surface area contributed by atoms with Crippen LogP contribution in [0.5, 0.6) is 0 Å². The van der Waals surface area contributed by atoms with Gasteiger partial charge in [-0.15, -0.1) is 0 Å². The Morgan fingerprint density at radius 3 is 2.41 bits per heavy atom. The largest absolute Gasteiger partial charge is 0.441 e. The summed E-state index contributed by atoms with van der Waals surface area (Å²) in [6.45, 7) is 13.0. The lowest BCUT2D eigenvalue weighted by Gasteiger charge is -2.35. The van der Waals surface area contributed by atoms with Crippen LogP contribution in [0.25, 0.3) is 11.5 Å². The van der Waals surface area contributed by atoms with E-state index in [1.807, 2.05) is 31.2 Å². The van der Waals surface area contributed by atoms with E-state index < -0.39 is 0 Å². The van der Waals surface area contributed by atoms with E-state index in [4.69, 9.17) is 21.0 Å². The summed E-state index contributed by atoms with van der Waals surface area (Å²) in [5.74, 6) is 3.82. The molecular formula is C28H40ClN3O2. The summed E-state index contributed by atoms with van der Waals surface area (Å²) in [5.41, 5.74) is 1.92. The van der Waals surface area contributed by atoms with Gasteiger partial charge in [0.2, 0.25) is 5.89 Å². The molecule has 0 bridgehead atoms. The lowest BCUT2D eigenvalue weighted by Crippen LogP contribution is -2.39. The van der Waals surface area contributed by atoms with Crippen molar-refractivity contribution in [2.45, 2.75) is 65.8 Å². The highest BCUT2D eigenvalue weighted by Gasteiger charge is 2.26. The maximum atomic E-state index is 12.8. The van der Waals surface area contributed by atoms with Gasteiger partial charge in [-0.3, -0.25) is 9.69 Å². The van der Waals surface area contributed by atoms with Crippen molar-refractivity contribution in [3.8, 4) is 11.5 Å². The van der Waals surface area contributed by atoms with Crippen LogP contribution >= 0.6 is 11.6 Å². The van der Waals surface area contributed by atoms with Crippen LogP contribution in [-0.2, 0) is 11.3 Å². The number of halogens is 1. The lowest BCUT2D eigenvalue weighted by molar-refractivity contribution is -0.124. The number of Topliss-reactive ketones (excluding diaryl/α,β-unsaturated/α-hetero) is 1. The third kappa shape index (κ3) is 6.93. The normalized spacial score (nSPS) is 22.8. The molecule has 4 rings (SSSR count). The molecule has 0 N–H and O–H groups in total. The Balaban J connectivity index is 1.17. The Bertz CT molecular complexity index is 924. The second-order valence-corrected chi connectivity index (χ2v) is 11.1. The molecule has 186 valence electrons. The Hall–Kier alpha value is -1.69. The van der Waals surface area contributed by atoms with E-state index >= 15 is 0 Å². The molecule has 2 aliphatic heterocycles. The SMILES string of the molecule is Cc1oc(-c2ccc(Cl)cc2)nc1CN1CCC(C(=O)CCCCN2CC(C)CC(C)C2)CC1. The van der Waals surface area contributed by atoms with Crippen LogP contribution in [-0.4, -0.2) is 53.3 Å². The van der Waals surface area contributed by atoms with Crippen molar-refractivity contribution in [2.75, 3.05) is 32.7 Å². The maximum Gasteiger partial charge on any atom is 0.226 e. The molecule has 6 heteroatoms. The smallest absolute Gasteiger partial charge is 0.226 e. The van der Waals surface area contributed by atoms with Crippen molar-refractivity contribution in [2.24, 2.45) is 17.8 Å². The zero-order chi connectivity index (χ0) is 24.1. The molecule has 5 nitrogen and oxygen atoms in total. The average molecular weight is 486 g/mol. The summed E-state index contributed by atoms with van der Waals surface area (Å²) in [7, 11) is 0. The van der Waals surface area contributed by atoms with Crippen molar-refractivity contribution in [1.82, 2.24) is 14.8 Å². The summed E-state index contributed by atoms with van der Waals surface area (Å²) in [4.78, 5) is 22.5. The van der Waals surface area contributed by atoms with Gasteiger partial charge in [-0.2, -0.15) is 0 Å². The molecule has 0 aliphatic carbocycles. The van der Waals surface area contributed by atoms with E-state index in [0.29, 0.717) is 16.7 Å². The first kappa shape index (κ1) is 25.4. The minimum absolute atomic E-state index is 0.231. The molecule has 2 atom stereocenters. The number of carbonyl (C=O) groups excluding carboxylic acids is 1. The van der Waals surface area contributed by atoms with Crippen molar-refractivity contribution in [1.29, 1.82) is 0 Å². The molecule has 2 unspecified atom stereocenters. The minimum atomic E-state index is 0.231. The van der Waals surface area contributed by atoms with Gasteiger partial charge in [-0.05, 0) is 94.8 Å². The van der Waals surface area contributed by atoms with Gasteiger partial charge in [0.15, 0.2) is 0 Å². The number of oxazole rings is 1. The molecule has 2 fully saturated rings. The molecule has 1 aromatic carbocycles. The second-order valence-electron chi connectivity index (χ2n) is 10.7. The monoisotopic (exact) mass is 485 g/mol. The molecule has 0 radical (unpaired) electrons. The first-order valence-electron chi connectivity index (χ1n) is 13.1. The van der Waals surface area contributed by atoms with Crippen molar-refractivity contribution >= 4 is 17.4 Å². The molecule has 3 heterocycles. The third-order valence-electron chi connectivity index (χ3n) is 7.49. The molecule has 1 aromatic heterocycles. The third-order valence-corrected chi connectivity index (χ3v) is 7.74. The molecule has 2 aliphatic rings. The van der Waals surface area contributed by atoms with Crippen LogP contribution in [0.3, 0.4) is 0 Å². The number of ketones is 1. The summed E-state index contributed by atoms with van der Waals surface area (Å²) >= 11 is 5.99. The van der Waals surface area contributed by atoms with Crippen LogP contribution in [0, 0.1) is 24.7 Å². The number of piperidine rings is 2. The standard InChI is InChI=1S/C28H40ClN3O2/c1-20-16-21(2)18-32(17-20)13-5-4-6-27(33)23-11-14-31(15-12-23)19-26-22(3)34-28(30-26)24-7-9-25(29)10-8-24/h7-10,20-21,23H,4-6,11-19H2,1-3H3. The van der Waals surface area contributed by atoms with Gasteiger partial charge in [0.25, 0.3) is 0 Å². The minimum Gasteiger partial charge on any atom is -0.441 e. The molecule has 0 spiro atoms. The quantitative estimate of drug-likeness (QED) is 0.394. The lowest BCUT2D eigenvalue weighted by atomic mass is 9.89. The summed E-state index contributed by atoms with van der Waals surface area (Å²) in [6.07, 6.45) is 6.20. The zero-order valence-corrected chi connectivity index (χ0v) is 21.8. The number of unbranched alkanes of at least 4 members (excludes halogenated alkanes) is 1. The Labute approximate surface area is 209 Å². The van der Waals surface area contributed by atoms with Gasteiger partial charge in [0.1, 0.15) is 11.5 Å². The van der Waals surface area contributed by atoms with Crippen LogP contribution < -0.4 is 0 Å². The average Bonchev–Trinajstić information content (AvgIpc) is 3.17. The predicted octanol–water partition coefficient (Wildman–Crippen LogP) is 6.23. The topological polar surface area (TPSA) is 49.6 Å². The molecule has 34 heavy (non-hydrogen) atoms. The fourth-order valence-electron chi connectivity index (χ4n) is 5.73. The van der Waals surface area contributed by atoms with Crippen molar-refractivity contribution in [3.05, 3.63) is 40.7 Å². The zero-order valence-electron chi connectivity index (χ0n) is 21.1. The van der Waals surface area contributed by atoms with Crippen LogP contribution in [0.2, 0.25) is 5.02 Å². The Kier molecular flexibility index (Phi) is 8.84. The Morgan fingerprint density at radius 2 is 1.74 bits per heavy atom. The van der Waals surface area contributed by atoms with Gasteiger partial charge in [-0.1, -0.05) is 25.4 Å². The van der Waals surface area contributed by atoms with Gasteiger partial charge < -0.3 is 9.32 Å². The number of benzene rings is 1. The van der Waals surface area contributed by atoms with E-state index in [0.717, 1.165) is 87.1 Å². The first-order valence-corrected chi connectivity index (χ1v) is 13.4. The van der Waals surface area contributed by atoms with Crippen molar-refractivity contribution < 1.29 is 9.21 Å². The summed E-state index contributed by atoms with van der Waals surface area (Å²) in [6, 6.07) is 7.57. The van der Waals surface area contributed by atoms with Gasteiger partial charge >= 0.3 is 0 Å². The van der Waals surface area contributed by atoms with Gasteiger partial charge in [-0.25, -0.2) is 4.98 Å². The highest BCUT2D eigenvalue weighted by atomic mass is 35.5. The molecule has 2 aromatic rings. The van der Waals surface area contributed by atoms with E-state index in [2.05, 4.69) is 23.6 Å². The fourth-order valence-corrected chi connectivity index (χ4v) is 5.85. The van der Waals surface area contributed by atoms with E-state index in [9.17, 15) is 4.79 Å². The number of aromatic nitrogens is 1. The predicted molar refractivity (Wildman–Crippen MR) is 138 cm³/mol. The van der Waals surface area contributed by atoms with Crippen LogP contribution in [0.1, 0.15) is 63.8 Å². The molecular weight excluding hydrogens is 446 g/mol. The molecule has 0 amide bonds. The van der Waals surface area contributed by atoms with Gasteiger partial charge in [0, 0.05) is 42.6 Å². The van der Waals surface area contributed by atoms with E-state index in [1.165, 1.54) is 19.5 Å². The van der Waals surface area contributed by atoms with Crippen LogP contribution in [0.4, 0.5) is 0 Å². The van der Waals surface area contributed by atoms with Crippen molar-refractivity contribution in [3.63, 3.8) is 0 Å². The number of rotatable bonds is 9. The molecule has 2 saturated heterocycles. The number of aryl methyl sites for hydroxylation is 1. The number of likely N-dealkylation sites (tertiary alicyclic amines) is 2. The maximum absolute atomic E-state index is 12.8. The number of hydrogen-bond donors (Lipinski definition) is 0. The Morgan fingerprint density at radius 1 is 1.06 bits per heavy atom.